The number of likely N-dealkylation sites (N-methyl/N-ethyl adjacent to an activating group) is 2. The van der Waals surface area contributed by atoms with Crippen LogP contribution in [0.5, 0.6) is 0 Å². The molecule has 0 unspecified atom stereocenters. The maximum absolute atomic E-state index is 5.41. The number of hydrogen-bond acceptors (Lipinski definition) is 3. The second-order valence-corrected chi connectivity index (χ2v) is 2.99. The van der Waals surface area contributed by atoms with Crippen molar-refractivity contribution in [3.63, 3.8) is 0 Å². The molecule has 3 nitrogen and oxygen atoms in total. The Bertz CT molecular complexity index is 85.4. The van der Waals surface area contributed by atoms with Gasteiger partial charge in [-0.1, -0.05) is 6.92 Å². The first kappa shape index (κ1) is 10.9. The zero-order valence-electron chi connectivity index (χ0n) is 8.01. The molecule has 0 aromatic carbocycles. The Kier molecular flexibility index (Phi) is 6.51. The van der Waals surface area contributed by atoms with E-state index in [9.17, 15) is 0 Å². The summed E-state index contributed by atoms with van der Waals surface area (Å²) in [5.74, 6) is 0. The summed E-state index contributed by atoms with van der Waals surface area (Å²) in [6.45, 7) is 7.29. The van der Waals surface area contributed by atoms with Crippen molar-refractivity contribution in [1.82, 2.24) is 9.80 Å². The first-order chi connectivity index (χ1) is 5.20. The molecular formula is C8H21N3. The van der Waals surface area contributed by atoms with Crippen molar-refractivity contribution < 1.29 is 0 Å². The third-order valence-corrected chi connectivity index (χ3v) is 1.91. The summed E-state index contributed by atoms with van der Waals surface area (Å²) in [5, 5.41) is 0. The Labute approximate surface area is 70.2 Å². The highest BCUT2D eigenvalue weighted by Gasteiger charge is 1.97. The Hall–Kier alpha value is -0.120. The van der Waals surface area contributed by atoms with E-state index in [1.165, 1.54) is 0 Å². The summed E-state index contributed by atoms with van der Waals surface area (Å²) in [5.41, 5.74) is 5.41. The highest BCUT2D eigenvalue weighted by atomic mass is 15.2. The Balaban J connectivity index is 3.22. The van der Waals surface area contributed by atoms with Crippen LogP contribution in [-0.2, 0) is 0 Å². The number of hydrogen-bond donors (Lipinski definition) is 1. The van der Waals surface area contributed by atoms with Gasteiger partial charge in [0.2, 0.25) is 0 Å². The highest BCUT2D eigenvalue weighted by molar-refractivity contribution is 4.55. The zero-order valence-corrected chi connectivity index (χ0v) is 8.01. The third kappa shape index (κ3) is 6.28. The van der Waals surface area contributed by atoms with E-state index >= 15 is 0 Å². The minimum Gasteiger partial charge on any atom is -0.329 e. The van der Waals surface area contributed by atoms with Crippen LogP contribution in [-0.4, -0.2) is 56.6 Å². The lowest BCUT2D eigenvalue weighted by Gasteiger charge is -2.19. The van der Waals surface area contributed by atoms with Gasteiger partial charge in [0.1, 0.15) is 0 Å². The van der Waals surface area contributed by atoms with Gasteiger partial charge in [0.25, 0.3) is 0 Å². The molecule has 0 aromatic heterocycles. The molecule has 2 N–H and O–H groups in total. The molecule has 0 radical (unpaired) electrons. The predicted molar refractivity (Wildman–Crippen MR) is 49.7 cm³/mol. The monoisotopic (exact) mass is 159 g/mol. The maximum atomic E-state index is 5.41. The minimum absolute atomic E-state index is 0.756. The van der Waals surface area contributed by atoms with E-state index in [-0.39, 0.29) is 0 Å². The van der Waals surface area contributed by atoms with Crippen LogP contribution >= 0.6 is 0 Å². The van der Waals surface area contributed by atoms with Crippen LogP contribution in [0.3, 0.4) is 0 Å². The van der Waals surface area contributed by atoms with Gasteiger partial charge in [0, 0.05) is 26.2 Å². The Morgan fingerprint density at radius 1 is 1.00 bits per heavy atom. The molecule has 0 aliphatic heterocycles. The van der Waals surface area contributed by atoms with Crippen molar-refractivity contribution in [2.24, 2.45) is 5.73 Å². The molecule has 68 valence electrons. The van der Waals surface area contributed by atoms with Gasteiger partial charge in [-0.2, -0.15) is 0 Å². The van der Waals surface area contributed by atoms with Crippen molar-refractivity contribution in [2.45, 2.75) is 6.92 Å². The average molecular weight is 159 g/mol. The standard InChI is InChI=1S/C8H21N3/c1-4-10(2)7-8-11(3)6-5-9/h4-9H2,1-3H3. The lowest BCUT2D eigenvalue weighted by Crippen LogP contribution is -2.33. The molecular weight excluding hydrogens is 138 g/mol. The highest BCUT2D eigenvalue weighted by Crippen LogP contribution is 1.84. The van der Waals surface area contributed by atoms with Crippen LogP contribution < -0.4 is 5.73 Å². The number of nitrogens with two attached hydrogens (primary N) is 1. The van der Waals surface area contributed by atoms with Gasteiger partial charge in [-0.05, 0) is 20.6 Å². The first-order valence-electron chi connectivity index (χ1n) is 4.27. The second-order valence-electron chi connectivity index (χ2n) is 2.99. The lowest BCUT2D eigenvalue weighted by atomic mass is 10.4. The predicted octanol–water partition coefficient (Wildman–Crippen LogP) is -0.171. The van der Waals surface area contributed by atoms with Crippen LogP contribution in [0.1, 0.15) is 6.92 Å². The fourth-order valence-electron chi connectivity index (χ4n) is 0.832. The molecule has 0 fully saturated rings. The topological polar surface area (TPSA) is 32.5 Å². The van der Waals surface area contributed by atoms with Crippen molar-refractivity contribution >= 4 is 0 Å². The van der Waals surface area contributed by atoms with Gasteiger partial charge in [-0.15, -0.1) is 0 Å². The van der Waals surface area contributed by atoms with E-state index in [0.717, 1.165) is 32.7 Å². The first-order valence-corrected chi connectivity index (χ1v) is 4.27. The lowest BCUT2D eigenvalue weighted by molar-refractivity contribution is 0.268. The Morgan fingerprint density at radius 2 is 1.55 bits per heavy atom. The summed E-state index contributed by atoms with van der Waals surface area (Å²) in [4.78, 5) is 4.55. The van der Waals surface area contributed by atoms with E-state index in [4.69, 9.17) is 5.73 Å². The van der Waals surface area contributed by atoms with E-state index in [2.05, 4.69) is 30.8 Å². The van der Waals surface area contributed by atoms with Crippen molar-refractivity contribution in [2.75, 3.05) is 46.8 Å². The van der Waals surface area contributed by atoms with Gasteiger partial charge < -0.3 is 15.5 Å². The quantitative estimate of drug-likeness (QED) is 0.584. The van der Waals surface area contributed by atoms with Crippen LogP contribution in [0.4, 0.5) is 0 Å². The van der Waals surface area contributed by atoms with Gasteiger partial charge in [-0.3, -0.25) is 0 Å². The van der Waals surface area contributed by atoms with E-state index in [1.807, 2.05) is 0 Å². The van der Waals surface area contributed by atoms with Crippen molar-refractivity contribution in [1.29, 1.82) is 0 Å². The summed E-state index contributed by atoms with van der Waals surface area (Å²) in [6.07, 6.45) is 0. The van der Waals surface area contributed by atoms with Crippen LogP contribution in [0.25, 0.3) is 0 Å². The van der Waals surface area contributed by atoms with Crippen LogP contribution in [0.15, 0.2) is 0 Å². The van der Waals surface area contributed by atoms with Crippen molar-refractivity contribution in [3.05, 3.63) is 0 Å². The molecule has 11 heavy (non-hydrogen) atoms. The van der Waals surface area contributed by atoms with Gasteiger partial charge in [-0.25, -0.2) is 0 Å². The summed E-state index contributed by atoms with van der Waals surface area (Å²) >= 11 is 0. The fraction of sp³-hybridized carbons (Fsp3) is 1.00. The molecule has 0 spiro atoms. The second kappa shape index (κ2) is 6.58. The molecule has 0 bridgehead atoms. The smallest absolute Gasteiger partial charge is 0.0107 e. The molecule has 0 atom stereocenters. The molecule has 0 saturated carbocycles. The molecule has 0 saturated heterocycles. The minimum atomic E-state index is 0.756. The third-order valence-electron chi connectivity index (χ3n) is 1.91. The zero-order chi connectivity index (χ0) is 8.69. The summed E-state index contributed by atoms with van der Waals surface area (Å²) < 4.78 is 0. The number of nitrogens with zero attached hydrogens (tertiary/aromatic N) is 2. The maximum Gasteiger partial charge on any atom is 0.0107 e. The van der Waals surface area contributed by atoms with Gasteiger partial charge in [0.15, 0.2) is 0 Å². The van der Waals surface area contributed by atoms with Crippen LogP contribution in [0, 0.1) is 0 Å². The normalized spacial score (nSPS) is 11.5. The average Bonchev–Trinajstić information content (AvgIpc) is 2.01. The molecule has 0 rings (SSSR count). The molecule has 0 amide bonds. The van der Waals surface area contributed by atoms with Crippen LogP contribution in [0.2, 0.25) is 0 Å². The van der Waals surface area contributed by atoms with E-state index < -0.39 is 0 Å². The molecule has 0 aliphatic rings. The Morgan fingerprint density at radius 3 is 2.00 bits per heavy atom. The SMILES string of the molecule is CCN(C)CCN(C)CCN. The summed E-state index contributed by atoms with van der Waals surface area (Å²) in [6, 6.07) is 0. The molecule has 0 aliphatic carbocycles. The molecule has 0 heterocycles. The van der Waals surface area contributed by atoms with E-state index in [1.54, 1.807) is 0 Å². The van der Waals surface area contributed by atoms with Gasteiger partial charge in [0.05, 0.1) is 0 Å². The van der Waals surface area contributed by atoms with E-state index in [0.29, 0.717) is 0 Å². The largest absolute Gasteiger partial charge is 0.329 e. The summed E-state index contributed by atoms with van der Waals surface area (Å²) in [7, 11) is 4.24. The van der Waals surface area contributed by atoms with Crippen molar-refractivity contribution in [3.8, 4) is 0 Å². The fourth-order valence-corrected chi connectivity index (χ4v) is 0.832. The van der Waals surface area contributed by atoms with Gasteiger partial charge >= 0.3 is 0 Å². The number of rotatable bonds is 6. The molecule has 0 aromatic rings. The molecule has 3 heteroatoms.